The Morgan fingerprint density at radius 3 is 1.70 bits per heavy atom. The molecule has 0 radical (unpaired) electrons. The molecule has 0 heterocycles. The Morgan fingerprint density at radius 2 is 1.30 bits per heavy atom. The number of benzene rings is 2. The van der Waals surface area contributed by atoms with E-state index in [0.717, 1.165) is 11.1 Å². The van der Waals surface area contributed by atoms with Crippen molar-refractivity contribution in [3.05, 3.63) is 59.7 Å². The van der Waals surface area contributed by atoms with E-state index in [2.05, 4.69) is 13.8 Å². The van der Waals surface area contributed by atoms with Gasteiger partial charge in [-0.2, -0.15) is 0 Å². The summed E-state index contributed by atoms with van der Waals surface area (Å²) in [5.74, 6) is -0.295. The number of carboxylic acids is 1. The number of hydrogen-bond donors (Lipinski definition) is 1. The fourth-order valence-electron chi connectivity index (χ4n) is 2.59. The zero-order valence-electron chi connectivity index (χ0n) is 15.7. The monoisotopic (exact) mass is 372 g/mol. The maximum atomic E-state index is 11.3. The molecule has 0 aliphatic carbocycles. The minimum absolute atomic E-state index is 0.117. The van der Waals surface area contributed by atoms with Crippen molar-refractivity contribution in [2.75, 3.05) is 19.8 Å². The molecule has 0 fully saturated rings. The third-order valence-electron chi connectivity index (χ3n) is 4.18. The normalized spacial score (nSPS) is 10.9. The highest BCUT2D eigenvalue weighted by Gasteiger charge is 2.23. The predicted molar refractivity (Wildman–Crippen MR) is 100 cm³/mol. The summed E-state index contributed by atoms with van der Waals surface area (Å²) >= 11 is 0. The molecule has 0 aliphatic heterocycles. The molecule has 0 bridgehead atoms. The number of carbonyl (C=O) groups excluding carboxylic acids is 1. The SMILES string of the molecule is CCOC(=O)COc1ccc(C(C)(C)c2ccc(OCC(=O)O)cc2)cc1. The zero-order chi connectivity index (χ0) is 19.9. The minimum Gasteiger partial charge on any atom is -0.482 e. The van der Waals surface area contributed by atoms with E-state index >= 15 is 0 Å². The van der Waals surface area contributed by atoms with E-state index in [4.69, 9.17) is 19.3 Å². The third-order valence-corrected chi connectivity index (χ3v) is 4.18. The number of esters is 1. The topological polar surface area (TPSA) is 82.1 Å². The van der Waals surface area contributed by atoms with Gasteiger partial charge in [-0.05, 0) is 42.3 Å². The molecule has 0 saturated heterocycles. The first-order chi connectivity index (χ1) is 12.8. The quantitative estimate of drug-likeness (QED) is 0.679. The van der Waals surface area contributed by atoms with Crippen LogP contribution in [0.2, 0.25) is 0 Å². The van der Waals surface area contributed by atoms with E-state index in [-0.39, 0.29) is 18.6 Å². The van der Waals surface area contributed by atoms with Gasteiger partial charge in [0.15, 0.2) is 13.2 Å². The first-order valence-electron chi connectivity index (χ1n) is 8.67. The summed E-state index contributed by atoms with van der Waals surface area (Å²) < 4.78 is 15.4. The maximum Gasteiger partial charge on any atom is 0.344 e. The molecule has 6 heteroatoms. The van der Waals surface area contributed by atoms with Gasteiger partial charge in [0.2, 0.25) is 0 Å². The molecule has 1 N–H and O–H groups in total. The van der Waals surface area contributed by atoms with E-state index in [1.807, 2.05) is 36.4 Å². The van der Waals surface area contributed by atoms with Crippen LogP contribution < -0.4 is 9.47 Å². The number of hydrogen-bond acceptors (Lipinski definition) is 5. The lowest BCUT2D eigenvalue weighted by molar-refractivity contribution is -0.145. The van der Waals surface area contributed by atoms with Gasteiger partial charge in [0.05, 0.1) is 6.61 Å². The van der Waals surface area contributed by atoms with Crippen molar-refractivity contribution in [3.8, 4) is 11.5 Å². The fourth-order valence-corrected chi connectivity index (χ4v) is 2.59. The molecule has 144 valence electrons. The smallest absolute Gasteiger partial charge is 0.344 e. The van der Waals surface area contributed by atoms with Crippen LogP contribution in [0.3, 0.4) is 0 Å². The van der Waals surface area contributed by atoms with Crippen LogP contribution in [0.1, 0.15) is 31.9 Å². The molecule has 0 aromatic heterocycles. The second-order valence-electron chi connectivity index (χ2n) is 6.45. The lowest BCUT2D eigenvalue weighted by Gasteiger charge is -2.26. The second-order valence-corrected chi connectivity index (χ2v) is 6.45. The van der Waals surface area contributed by atoms with Crippen LogP contribution in [-0.2, 0) is 19.7 Å². The van der Waals surface area contributed by atoms with Crippen molar-refractivity contribution < 1.29 is 28.9 Å². The zero-order valence-corrected chi connectivity index (χ0v) is 15.7. The van der Waals surface area contributed by atoms with Crippen LogP contribution in [0.25, 0.3) is 0 Å². The van der Waals surface area contributed by atoms with E-state index in [1.165, 1.54) is 0 Å². The van der Waals surface area contributed by atoms with Gasteiger partial charge in [-0.3, -0.25) is 0 Å². The molecular formula is C21H24O6. The average Bonchev–Trinajstić information content (AvgIpc) is 2.65. The van der Waals surface area contributed by atoms with Crippen LogP contribution in [-0.4, -0.2) is 36.9 Å². The predicted octanol–water partition coefficient (Wildman–Crippen LogP) is 3.42. The fraction of sp³-hybridized carbons (Fsp3) is 0.333. The van der Waals surface area contributed by atoms with Crippen LogP contribution >= 0.6 is 0 Å². The maximum absolute atomic E-state index is 11.3. The summed E-state index contributed by atoms with van der Waals surface area (Å²) in [7, 11) is 0. The van der Waals surface area contributed by atoms with Crippen LogP contribution in [0, 0.1) is 0 Å². The minimum atomic E-state index is -1.01. The van der Waals surface area contributed by atoms with Crippen molar-refractivity contribution in [3.63, 3.8) is 0 Å². The van der Waals surface area contributed by atoms with Gasteiger partial charge in [0.1, 0.15) is 11.5 Å². The van der Waals surface area contributed by atoms with Gasteiger partial charge in [-0.25, -0.2) is 9.59 Å². The second kappa shape index (κ2) is 9.07. The summed E-state index contributed by atoms with van der Waals surface area (Å²) in [5, 5.41) is 8.66. The van der Waals surface area contributed by atoms with Gasteiger partial charge in [0.25, 0.3) is 0 Å². The molecule has 2 rings (SSSR count). The van der Waals surface area contributed by atoms with Gasteiger partial charge in [0, 0.05) is 5.41 Å². The number of carbonyl (C=O) groups is 2. The lowest BCUT2D eigenvalue weighted by atomic mass is 9.78. The van der Waals surface area contributed by atoms with Crippen molar-refractivity contribution >= 4 is 11.9 Å². The highest BCUT2D eigenvalue weighted by atomic mass is 16.6. The molecule has 0 aliphatic rings. The van der Waals surface area contributed by atoms with Crippen LogP contribution in [0.15, 0.2) is 48.5 Å². The number of rotatable bonds is 9. The van der Waals surface area contributed by atoms with Crippen molar-refractivity contribution in [1.29, 1.82) is 0 Å². The van der Waals surface area contributed by atoms with Crippen LogP contribution in [0.5, 0.6) is 11.5 Å². The first-order valence-corrected chi connectivity index (χ1v) is 8.67. The summed E-state index contributed by atoms with van der Waals surface area (Å²) in [6.07, 6.45) is 0. The Bertz CT molecular complexity index is 762. The summed E-state index contributed by atoms with van der Waals surface area (Å²) in [6, 6.07) is 14.9. The van der Waals surface area contributed by atoms with Gasteiger partial charge in [-0.1, -0.05) is 38.1 Å². The molecule has 0 amide bonds. The summed E-state index contributed by atoms with van der Waals surface area (Å²) in [6.45, 7) is 5.78. The van der Waals surface area contributed by atoms with Gasteiger partial charge < -0.3 is 19.3 Å². The molecule has 0 atom stereocenters. The molecule has 0 unspecified atom stereocenters. The van der Waals surface area contributed by atoms with Gasteiger partial charge >= 0.3 is 11.9 Å². The summed E-state index contributed by atoms with van der Waals surface area (Å²) in [5.41, 5.74) is 1.86. The molecule has 2 aromatic carbocycles. The standard InChI is InChI=1S/C21H24O6/c1-4-25-20(24)14-27-18-11-7-16(8-12-18)21(2,3)15-5-9-17(10-6-15)26-13-19(22)23/h5-12H,4,13-14H2,1-3H3,(H,22,23). The van der Waals surface area contributed by atoms with Gasteiger partial charge in [-0.15, -0.1) is 0 Å². The van der Waals surface area contributed by atoms with Crippen LogP contribution in [0.4, 0.5) is 0 Å². The van der Waals surface area contributed by atoms with Crippen molar-refractivity contribution in [1.82, 2.24) is 0 Å². The van der Waals surface area contributed by atoms with E-state index < -0.39 is 11.9 Å². The molecule has 0 spiro atoms. The molecule has 27 heavy (non-hydrogen) atoms. The van der Waals surface area contributed by atoms with Crippen molar-refractivity contribution in [2.24, 2.45) is 0 Å². The Balaban J connectivity index is 2.05. The number of carboxylic acid groups (broad SMARTS) is 1. The molecule has 0 saturated carbocycles. The highest BCUT2D eigenvalue weighted by molar-refractivity contribution is 5.71. The highest BCUT2D eigenvalue weighted by Crippen LogP contribution is 2.33. The van der Waals surface area contributed by atoms with Crippen molar-refractivity contribution in [2.45, 2.75) is 26.2 Å². The van der Waals surface area contributed by atoms with E-state index in [1.54, 1.807) is 19.1 Å². The first kappa shape index (κ1) is 20.3. The Kier molecular flexibility index (Phi) is 6.82. The molecule has 6 nitrogen and oxygen atoms in total. The van der Waals surface area contributed by atoms with E-state index in [9.17, 15) is 9.59 Å². The Hall–Kier alpha value is -3.02. The summed E-state index contributed by atoms with van der Waals surface area (Å²) in [4.78, 5) is 21.9. The third kappa shape index (κ3) is 5.74. The number of aliphatic carboxylic acids is 1. The lowest BCUT2D eigenvalue weighted by Crippen LogP contribution is -2.19. The Labute approximate surface area is 158 Å². The van der Waals surface area contributed by atoms with E-state index in [0.29, 0.717) is 18.1 Å². The molecular weight excluding hydrogens is 348 g/mol. The largest absolute Gasteiger partial charge is 0.482 e. The average molecular weight is 372 g/mol. The molecule has 2 aromatic rings. The number of ether oxygens (including phenoxy) is 3. The Morgan fingerprint density at radius 1 is 0.852 bits per heavy atom.